The van der Waals surface area contributed by atoms with Crippen molar-refractivity contribution in [3.8, 4) is 0 Å². The number of nitrogens with zero attached hydrogens (tertiary/aromatic N) is 7. The Kier molecular flexibility index (Phi) is 3.73. The summed E-state index contributed by atoms with van der Waals surface area (Å²) < 4.78 is 3.50. The van der Waals surface area contributed by atoms with E-state index in [1.54, 1.807) is 15.6 Å². The Bertz CT molecular complexity index is 1360. The van der Waals surface area contributed by atoms with Gasteiger partial charge in [-0.2, -0.15) is 20.3 Å². The van der Waals surface area contributed by atoms with Gasteiger partial charge in [0.25, 0.3) is 0 Å². The number of aromatic amines is 1. The summed E-state index contributed by atoms with van der Waals surface area (Å²) in [5.74, 6) is 2.01. The average Bonchev–Trinajstić information content (AvgIpc) is 3.36. The van der Waals surface area contributed by atoms with Gasteiger partial charge in [-0.15, -0.1) is 0 Å². The largest absolute Gasteiger partial charge is 0.337 e. The minimum atomic E-state index is 0.489. The van der Waals surface area contributed by atoms with Gasteiger partial charge in [-0.3, -0.25) is 9.78 Å². The van der Waals surface area contributed by atoms with E-state index < -0.39 is 0 Å². The van der Waals surface area contributed by atoms with Gasteiger partial charge in [-0.05, 0) is 25.5 Å². The van der Waals surface area contributed by atoms with E-state index in [0.29, 0.717) is 11.8 Å². The number of hydrogen-bond acceptors (Lipinski definition) is 7. The Balaban J connectivity index is 1.53. The predicted molar refractivity (Wildman–Crippen MR) is 112 cm³/mol. The summed E-state index contributed by atoms with van der Waals surface area (Å²) in [6, 6.07) is 6.00. The summed E-state index contributed by atoms with van der Waals surface area (Å²) in [4.78, 5) is 9.10. The zero-order valence-electron chi connectivity index (χ0n) is 16.5. The number of anilines is 4. The standard InChI is InChI=1S/C19H20N10/c1-10-5-6-14-12(9-21-25-14)16(10)23-17-13-8-20-19(24-18(13)29(4)27-17)22-15-7-11(2)26-28(15)3/h5-9H,1-4H3,(H,21,25)(H,23,27)(H,20,22,24). The first kappa shape index (κ1) is 17.2. The second kappa shape index (κ2) is 6.30. The maximum absolute atomic E-state index is 4.64. The van der Waals surface area contributed by atoms with Gasteiger partial charge < -0.3 is 10.6 Å². The Morgan fingerprint density at radius 1 is 0.966 bits per heavy atom. The lowest BCUT2D eigenvalue weighted by molar-refractivity contribution is 0.763. The average molecular weight is 388 g/mol. The molecule has 0 saturated heterocycles. The van der Waals surface area contributed by atoms with Crippen molar-refractivity contribution in [1.82, 2.24) is 39.7 Å². The molecule has 146 valence electrons. The second-order valence-electron chi connectivity index (χ2n) is 7.04. The SMILES string of the molecule is Cc1cc(Nc2ncc3c(Nc4c(C)ccc5[nH]ncc45)nn(C)c3n2)n(C)n1. The zero-order valence-corrected chi connectivity index (χ0v) is 16.5. The van der Waals surface area contributed by atoms with Crippen LogP contribution in [0.15, 0.2) is 30.6 Å². The molecule has 1 aromatic carbocycles. The summed E-state index contributed by atoms with van der Waals surface area (Å²) in [6.07, 6.45) is 3.58. The fraction of sp³-hybridized carbons (Fsp3) is 0.211. The Labute approximate surface area is 166 Å². The highest BCUT2D eigenvalue weighted by molar-refractivity contribution is 5.98. The maximum atomic E-state index is 4.64. The minimum Gasteiger partial charge on any atom is -0.337 e. The third kappa shape index (κ3) is 2.85. The van der Waals surface area contributed by atoms with Crippen molar-refractivity contribution in [2.45, 2.75) is 13.8 Å². The highest BCUT2D eigenvalue weighted by Gasteiger charge is 2.15. The number of rotatable bonds is 4. The van der Waals surface area contributed by atoms with Gasteiger partial charge >= 0.3 is 0 Å². The van der Waals surface area contributed by atoms with Crippen LogP contribution >= 0.6 is 0 Å². The molecule has 0 spiro atoms. The van der Waals surface area contributed by atoms with Gasteiger partial charge in [0.15, 0.2) is 11.5 Å². The number of aromatic nitrogens is 8. The van der Waals surface area contributed by atoms with E-state index in [0.717, 1.165) is 44.7 Å². The molecule has 0 aliphatic carbocycles. The van der Waals surface area contributed by atoms with Crippen LogP contribution in [0.3, 0.4) is 0 Å². The smallest absolute Gasteiger partial charge is 0.230 e. The van der Waals surface area contributed by atoms with E-state index in [1.807, 2.05) is 52.3 Å². The Morgan fingerprint density at radius 3 is 2.62 bits per heavy atom. The van der Waals surface area contributed by atoms with Crippen molar-refractivity contribution < 1.29 is 0 Å². The lowest BCUT2D eigenvalue weighted by Crippen LogP contribution is -2.03. The highest BCUT2D eigenvalue weighted by atomic mass is 15.4. The normalized spacial score (nSPS) is 11.4. The second-order valence-corrected chi connectivity index (χ2v) is 7.04. The molecule has 0 aliphatic heterocycles. The Morgan fingerprint density at radius 2 is 1.83 bits per heavy atom. The van der Waals surface area contributed by atoms with E-state index in [-0.39, 0.29) is 0 Å². The first-order valence-corrected chi connectivity index (χ1v) is 9.17. The number of fused-ring (bicyclic) bond motifs is 2. The van der Waals surface area contributed by atoms with Crippen molar-refractivity contribution >= 4 is 45.2 Å². The molecular formula is C19H20N10. The zero-order chi connectivity index (χ0) is 20.1. The third-order valence-corrected chi connectivity index (χ3v) is 4.90. The predicted octanol–water partition coefficient (Wildman–Crippen LogP) is 3.08. The number of hydrogen-bond donors (Lipinski definition) is 3. The number of aryl methyl sites for hydroxylation is 4. The lowest BCUT2D eigenvalue weighted by atomic mass is 10.1. The van der Waals surface area contributed by atoms with Crippen LogP contribution in [0, 0.1) is 13.8 Å². The molecule has 0 radical (unpaired) electrons. The van der Waals surface area contributed by atoms with E-state index in [9.17, 15) is 0 Å². The molecule has 4 heterocycles. The lowest BCUT2D eigenvalue weighted by Gasteiger charge is -2.09. The van der Waals surface area contributed by atoms with Crippen LogP contribution in [0.4, 0.5) is 23.3 Å². The summed E-state index contributed by atoms with van der Waals surface area (Å²) in [5.41, 5.74) is 4.67. The van der Waals surface area contributed by atoms with E-state index in [2.05, 4.69) is 41.0 Å². The molecule has 5 aromatic rings. The quantitative estimate of drug-likeness (QED) is 0.433. The number of nitrogens with one attached hydrogen (secondary N) is 3. The van der Waals surface area contributed by atoms with E-state index in [1.165, 1.54) is 0 Å². The molecule has 0 aliphatic rings. The highest BCUT2D eigenvalue weighted by Crippen LogP contribution is 2.31. The maximum Gasteiger partial charge on any atom is 0.230 e. The fourth-order valence-corrected chi connectivity index (χ4v) is 3.44. The van der Waals surface area contributed by atoms with Gasteiger partial charge in [0, 0.05) is 31.7 Å². The fourth-order valence-electron chi connectivity index (χ4n) is 3.44. The van der Waals surface area contributed by atoms with Gasteiger partial charge in [0.2, 0.25) is 5.95 Å². The van der Waals surface area contributed by atoms with E-state index in [4.69, 9.17) is 0 Å². The summed E-state index contributed by atoms with van der Waals surface area (Å²) in [7, 11) is 3.74. The molecule has 0 unspecified atom stereocenters. The van der Waals surface area contributed by atoms with Crippen LogP contribution in [0.1, 0.15) is 11.3 Å². The first-order valence-electron chi connectivity index (χ1n) is 9.17. The molecule has 0 fully saturated rings. The minimum absolute atomic E-state index is 0.489. The van der Waals surface area contributed by atoms with Crippen molar-refractivity contribution in [3.63, 3.8) is 0 Å². The van der Waals surface area contributed by atoms with Crippen molar-refractivity contribution in [3.05, 3.63) is 41.9 Å². The van der Waals surface area contributed by atoms with Gasteiger partial charge in [0.05, 0.1) is 28.5 Å². The summed E-state index contributed by atoms with van der Waals surface area (Å²) >= 11 is 0. The van der Waals surface area contributed by atoms with Crippen LogP contribution in [0.5, 0.6) is 0 Å². The topological polar surface area (TPSA) is 114 Å². The van der Waals surface area contributed by atoms with Crippen LogP contribution in [0.25, 0.3) is 21.9 Å². The molecule has 0 amide bonds. The molecule has 4 aromatic heterocycles. The monoisotopic (exact) mass is 388 g/mol. The van der Waals surface area contributed by atoms with Crippen molar-refractivity contribution in [1.29, 1.82) is 0 Å². The molecular weight excluding hydrogens is 368 g/mol. The molecule has 0 saturated carbocycles. The first-order chi connectivity index (χ1) is 14.0. The van der Waals surface area contributed by atoms with Crippen molar-refractivity contribution in [2.75, 3.05) is 10.6 Å². The summed E-state index contributed by atoms with van der Waals surface area (Å²) in [5, 5.41) is 24.6. The number of benzene rings is 1. The van der Waals surface area contributed by atoms with Crippen LogP contribution in [-0.2, 0) is 14.1 Å². The molecule has 3 N–H and O–H groups in total. The van der Waals surface area contributed by atoms with Gasteiger partial charge in [0.1, 0.15) is 5.82 Å². The van der Waals surface area contributed by atoms with Crippen LogP contribution in [0.2, 0.25) is 0 Å². The summed E-state index contributed by atoms with van der Waals surface area (Å²) in [6.45, 7) is 3.99. The van der Waals surface area contributed by atoms with Crippen LogP contribution in [-0.4, -0.2) is 39.7 Å². The molecule has 0 bridgehead atoms. The molecule has 10 nitrogen and oxygen atoms in total. The van der Waals surface area contributed by atoms with Gasteiger partial charge in [-0.1, -0.05) is 6.07 Å². The molecule has 29 heavy (non-hydrogen) atoms. The van der Waals surface area contributed by atoms with Gasteiger partial charge in [-0.25, -0.2) is 9.67 Å². The van der Waals surface area contributed by atoms with E-state index >= 15 is 0 Å². The molecule has 10 heteroatoms. The molecule has 0 atom stereocenters. The number of H-pyrrole nitrogens is 1. The van der Waals surface area contributed by atoms with Crippen LogP contribution < -0.4 is 10.6 Å². The Hall–Kier alpha value is -3.95. The van der Waals surface area contributed by atoms with Crippen molar-refractivity contribution in [2.24, 2.45) is 14.1 Å². The molecule has 5 rings (SSSR count). The third-order valence-electron chi connectivity index (χ3n) is 4.90.